The molecule has 1 saturated heterocycles. The Labute approximate surface area is 173 Å². The first-order valence-corrected chi connectivity index (χ1v) is 10.3. The number of amides is 2. The summed E-state index contributed by atoms with van der Waals surface area (Å²) in [7, 11) is 0. The average Bonchev–Trinajstić information content (AvgIpc) is 3.29. The van der Waals surface area contributed by atoms with Crippen LogP contribution in [0.25, 0.3) is 37.5 Å². The van der Waals surface area contributed by atoms with E-state index in [1.807, 2.05) is 42.5 Å². The number of imide groups is 1. The van der Waals surface area contributed by atoms with E-state index in [9.17, 15) is 9.59 Å². The molecule has 0 spiro atoms. The number of thioether (sulfide) groups is 1. The van der Waals surface area contributed by atoms with Crippen molar-refractivity contribution in [3.8, 4) is 16.5 Å². The average molecular weight is 413 g/mol. The highest BCUT2D eigenvalue weighted by Gasteiger charge is 2.25. The minimum absolute atomic E-state index is 0.355. The molecule has 0 radical (unpaired) electrons. The van der Waals surface area contributed by atoms with Crippen molar-refractivity contribution in [1.29, 1.82) is 5.26 Å². The zero-order chi connectivity index (χ0) is 20.0. The quantitative estimate of drug-likeness (QED) is 0.450. The van der Waals surface area contributed by atoms with Crippen LogP contribution in [-0.4, -0.2) is 16.1 Å². The van der Waals surface area contributed by atoms with Gasteiger partial charge in [0.15, 0.2) is 0 Å². The molecular weight excluding hydrogens is 402 g/mol. The third kappa shape index (κ3) is 3.18. The molecule has 0 atom stereocenters. The number of thiophene rings is 1. The van der Waals surface area contributed by atoms with Gasteiger partial charge in [-0.05, 0) is 65.2 Å². The van der Waals surface area contributed by atoms with Crippen LogP contribution in [0.4, 0.5) is 4.79 Å². The summed E-state index contributed by atoms with van der Waals surface area (Å²) >= 11 is 2.53. The molecule has 5 rings (SSSR count). The van der Waals surface area contributed by atoms with Crippen LogP contribution in [0, 0.1) is 11.3 Å². The van der Waals surface area contributed by atoms with Crippen molar-refractivity contribution in [2.45, 2.75) is 0 Å². The molecular formula is C22H11N3O2S2. The monoisotopic (exact) mass is 413 g/mol. The fraction of sp³-hybridized carbons (Fsp3) is 0. The number of benzene rings is 2. The van der Waals surface area contributed by atoms with Crippen LogP contribution in [0.15, 0.2) is 59.6 Å². The summed E-state index contributed by atoms with van der Waals surface area (Å²) in [5.74, 6) is -0.371. The van der Waals surface area contributed by atoms with Crippen LogP contribution in [-0.2, 0) is 4.79 Å². The number of carbonyl (C=O) groups excluding carboxylic acids is 2. The summed E-state index contributed by atoms with van der Waals surface area (Å²) < 4.78 is 1.06. The molecule has 138 valence electrons. The lowest BCUT2D eigenvalue weighted by Gasteiger charge is -2.05. The van der Waals surface area contributed by atoms with Gasteiger partial charge in [0, 0.05) is 26.7 Å². The first-order chi connectivity index (χ1) is 14.1. The van der Waals surface area contributed by atoms with Crippen LogP contribution in [0.2, 0.25) is 0 Å². The Balaban J connectivity index is 1.65. The number of carbonyl (C=O) groups is 2. The summed E-state index contributed by atoms with van der Waals surface area (Å²) in [6.45, 7) is 0. The molecule has 2 amide bonds. The number of hydrogen-bond donors (Lipinski definition) is 1. The fourth-order valence-corrected chi connectivity index (χ4v) is 5.10. The number of fused-ring (bicyclic) bond motifs is 2. The normalized spacial score (nSPS) is 15.2. The minimum atomic E-state index is -0.371. The molecule has 2 aromatic heterocycles. The number of nitrogens with one attached hydrogen (secondary N) is 1. The van der Waals surface area contributed by atoms with E-state index < -0.39 is 0 Å². The Bertz CT molecular complexity index is 1410. The topological polar surface area (TPSA) is 82.8 Å². The van der Waals surface area contributed by atoms with Crippen molar-refractivity contribution >= 4 is 61.3 Å². The van der Waals surface area contributed by atoms with Crippen LogP contribution in [0.3, 0.4) is 0 Å². The Morgan fingerprint density at radius 3 is 2.76 bits per heavy atom. The Hall–Kier alpha value is -3.47. The van der Waals surface area contributed by atoms with Gasteiger partial charge in [-0.2, -0.15) is 5.26 Å². The molecule has 2 aromatic carbocycles. The second kappa shape index (κ2) is 6.85. The maximum absolute atomic E-state index is 11.8. The zero-order valence-corrected chi connectivity index (χ0v) is 16.4. The molecule has 0 bridgehead atoms. The number of hydrogen-bond acceptors (Lipinski definition) is 6. The third-order valence-electron chi connectivity index (χ3n) is 4.62. The second-order valence-corrected chi connectivity index (χ2v) is 8.56. The third-order valence-corrected chi connectivity index (χ3v) is 6.56. The number of nitrogens with zero attached hydrogens (tertiary/aromatic N) is 2. The minimum Gasteiger partial charge on any atom is -0.282 e. The zero-order valence-electron chi connectivity index (χ0n) is 14.8. The van der Waals surface area contributed by atoms with E-state index >= 15 is 0 Å². The predicted octanol–water partition coefficient (Wildman–Crippen LogP) is 5.31. The van der Waals surface area contributed by atoms with E-state index in [4.69, 9.17) is 5.26 Å². The molecule has 0 unspecified atom stereocenters. The van der Waals surface area contributed by atoms with Crippen molar-refractivity contribution in [2.24, 2.45) is 0 Å². The van der Waals surface area contributed by atoms with Gasteiger partial charge in [-0.3, -0.25) is 19.9 Å². The molecule has 1 fully saturated rings. The number of pyridine rings is 1. The standard InChI is InChI=1S/C22H11N3O2S2/c23-11-13-1-3-14-10-19(28-18(14)9-13)15-5-6-24-17-4-2-12(7-16(15)17)8-20-21(26)25-22(27)29-20/h1-10H,(H,25,26,27)/b20-8-. The van der Waals surface area contributed by atoms with E-state index in [1.54, 1.807) is 23.6 Å². The largest absolute Gasteiger partial charge is 0.290 e. The number of aromatic nitrogens is 1. The van der Waals surface area contributed by atoms with Crippen molar-refractivity contribution in [3.05, 3.63) is 70.8 Å². The summed E-state index contributed by atoms with van der Waals surface area (Å²) in [6.07, 6.45) is 3.49. The van der Waals surface area contributed by atoms with Crippen LogP contribution >= 0.6 is 23.1 Å². The summed E-state index contributed by atoms with van der Waals surface area (Å²) in [5.41, 5.74) is 3.35. The molecule has 7 heteroatoms. The molecule has 4 aromatic rings. The number of nitriles is 1. The van der Waals surface area contributed by atoms with Crippen molar-refractivity contribution in [1.82, 2.24) is 10.3 Å². The summed E-state index contributed by atoms with van der Waals surface area (Å²) in [4.78, 5) is 29.1. The highest BCUT2D eigenvalue weighted by Crippen LogP contribution is 2.37. The van der Waals surface area contributed by atoms with Gasteiger partial charge < -0.3 is 0 Å². The van der Waals surface area contributed by atoms with Crippen LogP contribution in [0.5, 0.6) is 0 Å². The number of rotatable bonds is 2. The highest BCUT2D eigenvalue weighted by molar-refractivity contribution is 8.18. The van der Waals surface area contributed by atoms with E-state index in [0.29, 0.717) is 10.5 Å². The molecule has 0 aliphatic carbocycles. The molecule has 29 heavy (non-hydrogen) atoms. The van der Waals surface area contributed by atoms with Gasteiger partial charge in [0.05, 0.1) is 22.1 Å². The van der Waals surface area contributed by atoms with Crippen molar-refractivity contribution < 1.29 is 9.59 Å². The Kier molecular flexibility index (Phi) is 4.16. The van der Waals surface area contributed by atoms with Gasteiger partial charge in [0.25, 0.3) is 11.1 Å². The van der Waals surface area contributed by atoms with Crippen molar-refractivity contribution in [3.63, 3.8) is 0 Å². The highest BCUT2D eigenvalue weighted by atomic mass is 32.2. The van der Waals surface area contributed by atoms with E-state index in [2.05, 4.69) is 22.4 Å². The van der Waals surface area contributed by atoms with Gasteiger partial charge in [-0.25, -0.2) is 0 Å². The molecule has 1 aliphatic rings. The van der Waals surface area contributed by atoms with E-state index in [1.165, 1.54) is 0 Å². The first kappa shape index (κ1) is 17.6. The van der Waals surface area contributed by atoms with E-state index in [0.717, 1.165) is 48.8 Å². The lowest BCUT2D eigenvalue weighted by Crippen LogP contribution is -2.17. The summed E-state index contributed by atoms with van der Waals surface area (Å²) in [6, 6.07) is 17.7. The lowest BCUT2D eigenvalue weighted by molar-refractivity contribution is -0.115. The van der Waals surface area contributed by atoms with Crippen LogP contribution in [0.1, 0.15) is 11.1 Å². The smallest absolute Gasteiger partial charge is 0.282 e. The maximum Gasteiger partial charge on any atom is 0.290 e. The molecule has 3 heterocycles. The lowest BCUT2D eigenvalue weighted by atomic mass is 10.0. The first-order valence-electron chi connectivity index (χ1n) is 8.68. The van der Waals surface area contributed by atoms with Gasteiger partial charge in [-0.1, -0.05) is 12.1 Å². The SMILES string of the molecule is N#Cc1ccc2cc(-c3ccnc4ccc(/C=C5\SC(=O)NC5=O)cc34)sc2c1. The van der Waals surface area contributed by atoms with Crippen molar-refractivity contribution in [2.75, 3.05) is 0 Å². The fourth-order valence-electron chi connectivity index (χ4n) is 3.27. The van der Waals surface area contributed by atoms with Gasteiger partial charge in [-0.15, -0.1) is 11.3 Å². The molecule has 0 saturated carbocycles. The molecule has 1 aliphatic heterocycles. The maximum atomic E-state index is 11.8. The van der Waals surface area contributed by atoms with Gasteiger partial charge in [0.1, 0.15) is 0 Å². The van der Waals surface area contributed by atoms with Crippen LogP contribution < -0.4 is 5.32 Å². The predicted molar refractivity (Wildman–Crippen MR) is 116 cm³/mol. The summed E-state index contributed by atoms with van der Waals surface area (Å²) in [5, 5.41) is 13.1. The molecule has 5 nitrogen and oxygen atoms in total. The van der Waals surface area contributed by atoms with E-state index in [-0.39, 0.29) is 11.1 Å². The second-order valence-electron chi connectivity index (χ2n) is 6.46. The Morgan fingerprint density at radius 2 is 1.97 bits per heavy atom. The Morgan fingerprint density at radius 1 is 1.07 bits per heavy atom. The van der Waals surface area contributed by atoms with Gasteiger partial charge in [0.2, 0.25) is 0 Å². The van der Waals surface area contributed by atoms with Gasteiger partial charge >= 0.3 is 0 Å². The molecule has 1 N–H and O–H groups in total.